The number of aromatic nitrogens is 2. The van der Waals surface area contributed by atoms with Crippen molar-refractivity contribution in [2.24, 2.45) is 7.05 Å². The summed E-state index contributed by atoms with van der Waals surface area (Å²) in [5.41, 5.74) is 1.81. The van der Waals surface area contributed by atoms with Crippen LogP contribution >= 0.6 is 0 Å². The standard InChI is InChI=1S/C15H18N4O3/c1-3-22-14(20)11-4-6-12(7-5-11)18-15(21)16-8-13-9-19(2)10-17-13/h4-7,9-10H,3,8H2,1-2H3,(H2,16,18,21). The molecule has 0 aliphatic carbocycles. The fraction of sp³-hybridized carbons (Fsp3) is 0.267. The van der Waals surface area contributed by atoms with E-state index in [0.717, 1.165) is 5.69 Å². The topological polar surface area (TPSA) is 85.2 Å². The van der Waals surface area contributed by atoms with Gasteiger partial charge in [-0.3, -0.25) is 0 Å². The first kappa shape index (κ1) is 15.6. The molecule has 0 fully saturated rings. The van der Waals surface area contributed by atoms with Gasteiger partial charge < -0.3 is 19.9 Å². The first-order valence-corrected chi connectivity index (χ1v) is 6.87. The van der Waals surface area contributed by atoms with Crippen molar-refractivity contribution >= 4 is 17.7 Å². The number of nitrogens with one attached hydrogen (secondary N) is 2. The summed E-state index contributed by atoms with van der Waals surface area (Å²) in [5, 5.41) is 5.38. The van der Waals surface area contributed by atoms with Gasteiger partial charge in [-0.05, 0) is 31.2 Å². The molecule has 22 heavy (non-hydrogen) atoms. The Labute approximate surface area is 128 Å². The third-order valence-corrected chi connectivity index (χ3v) is 2.84. The molecule has 0 saturated carbocycles. The summed E-state index contributed by atoms with van der Waals surface area (Å²) in [6.07, 6.45) is 3.50. The quantitative estimate of drug-likeness (QED) is 0.826. The predicted octanol–water partition coefficient (Wildman–Crippen LogP) is 1.92. The molecule has 0 spiro atoms. The minimum Gasteiger partial charge on any atom is -0.462 e. The Bertz CT molecular complexity index is 649. The van der Waals surface area contributed by atoms with E-state index in [0.29, 0.717) is 24.4 Å². The Morgan fingerprint density at radius 3 is 2.59 bits per heavy atom. The summed E-state index contributed by atoms with van der Waals surface area (Å²) in [4.78, 5) is 27.4. The van der Waals surface area contributed by atoms with Crippen LogP contribution < -0.4 is 10.6 Å². The van der Waals surface area contributed by atoms with Gasteiger partial charge in [0.2, 0.25) is 0 Å². The van der Waals surface area contributed by atoms with Gasteiger partial charge in [0, 0.05) is 18.9 Å². The van der Waals surface area contributed by atoms with E-state index in [1.54, 1.807) is 37.5 Å². The molecule has 0 aliphatic heterocycles. The van der Waals surface area contributed by atoms with Crippen molar-refractivity contribution in [1.82, 2.24) is 14.9 Å². The summed E-state index contributed by atoms with van der Waals surface area (Å²) in [5.74, 6) is -0.381. The van der Waals surface area contributed by atoms with Gasteiger partial charge in [0.15, 0.2) is 0 Å². The Morgan fingerprint density at radius 1 is 1.27 bits per heavy atom. The Hall–Kier alpha value is -2.83. The third-order valence-electron chi connectivity index (χ3n) is 2.84. The maximum atomic E-state index is 11.8. The van der Waals surface area contributed by atoms with E-state index in [9.17, 15) is 9.59 Å². The molecular formula is C15H18N4O3. The van der Waals surface area contributed by atoms with Gasteiger partial charge in [0.05, 0.1) is 30.7 Å². The summed E-state index contributed by atoms with van der Waals surface area (Å²) >= 11 is 0. The van der Waals surface area contributed by atoms with Gasteiger partial charge in [-0.1, -0.05) is 0 Å². The molecule has 2 rings (SSSR count). The van der Waals surface area contributed by atoms with Crippen LogP contribution in [0.2, 0.25) is 0 Å². The fourth-order valence-corrected chi connectivity index (χ4v) is 1.81. The molecule has 7 heteroatoms. The van der Waals surface area contributed by atoms with E-state index < -0.39 is 0 Å². The molecule has 1 aromatic heterocycles. The van der Waals surface area contributed by atoms with Crippen molar-refractivity contribution in [1.29, 1.82) is 0 Å². The number of benzene rings is 1. The first-order chi connectivity index (χ1) is 10.6. The Morgan fingerprint density at radius 2 is 2.00 bits per heavy atom. The second-order valence-corrected chi connectivity index (χ2v) is 4.64. The number of carbonyl (C=O) groups excluding carboxylic acids is 2. The molecule has 2 N–H and O–H groups in total. The van der Waals surface area contributed by atoms with E-state index in [4.69, 9.17) is 4.74 Å². The average Bonchev–Trinajstić information content (AvgIpc) is 2.92. The minimum atomic E-state index is -0.381. The number of esters is 1. The highest BCUT2D eigenvalue weighted by Gasteiger charge is 2.07. The SMILES string of the molecule is CCOC(=O)c1ccc(NC(=O)NCc2cn(C)cn2)cc1. The number of anilines is 1. The number of rotatable bonds is 5. The maximum absolute atomic E-state index is 11.8. The number of nitrogens with zero attached hydrogens (tertiary/aromatic N) is 2. The highest BCUT2D eigenvalue weighted by molar-refractivity contribution is 5.92. The molecule has 1 aromatic carbocycles. The van der Waals surface area contributed by atoms with Gasteiger partial charge >= 0.3 is 12.0 Å². The van der Waals surface area contributed by atoms with Crippen LogP contribution in [-0.2, 0) is 18.3 Å². The van der Waals surface area contributed by atoms with Crippen molar-refractivity contribution in [2.75, 3.05) is 11.9 Å². The van der Waals surface area contributed by atoms with Gasteiger partial charge in [0.1, 0.15) is 0 Å². The smallest absolute Gasteiger partial charge is 0.338 e. The number of imidazole rings is 1. The Balaban J connectivity index is 1.85. The summed E-state index contributed by atoms with van der Waals surface area (Å²) in [6, 6.07) is 6.16. The van der Waals surface area contributed by atoms with E-state index >= 15 is 0 Å². The van der Waals surface area contributed by atoms with Gasteiger partial charge in [0.25, 0.3) is 0 Å². The molecule has 0 unspecified atom stereocenters. The normalized spacial score (nSPS) is 10.1. The molecule has 0 saturated heterocycles. The van der Waals surface area contributed by atoms with E-state index in [1.807, 2.05) is 17.8 Å². The molecule has 116 valence electrons. The highest BCUT2D eigenvalue weighted by atomic mass is 16.5. The number of hydrogen-bond acceptors (Lipinski definition) is 4. The fourth-order valence-electron chi connectivity index (χ4n) is 1.81. The van der Waals surface area contributed by atoms with E-state index in [-0.39, 0.29) is 12.0 Å². The molecule has 0 bridgehead atoms. The zero-order chi connectivity index (χ0) is 15.9. The lowest BCUT2D eigenvalue weighted by atomic mass is 10.2. The number of carbonyl (C=O) groups is 2. The minimum absolute atomic E-state index is 0.328. The third kappa shape index (κ3) is 4.34. The largest absolute Gasteiger partial charge is 0.462 e. The summed E-state index contributed by atoms with van der Waals surface area (Å²) in [6.45, 7) is 2.42. The molecular weight excluding hydrogens is 284 g/mol. The zero-order valence-corrected chi connectivity index (χ0v) is 12.5. The number of urea groups is 1. The Kier molecular flexibility index (Phi) is 5.13. The van der Waals surface area contributed by atoms with Gasteiger partial charge in [-0.15, -0.1) is 0 Å². The van der Waals surface area contributed by atoms with Crippen LogP contribution in [0.4, 0.5) is 10.5 Å². The van der Waals surface area contributed by atoms with Crippen molar-refractivity contribution in [2.45, 2.75) is 13.5 Å². The van der Waals surface area contributed by atoms with Crippen LogP contribution in [-0.4, -0.2) is 28.2 Å². The van der Waals surface area contributed by atoms with Crippen molar-refractivity contribution in [3.05, 3.63) is 48.0 Å². The van der Waals surface area contributed by atoms with Crippen LogP contribution in [0, 0.1) is 0 Å². The van der Waals surface area contributed by atoms with Gasteiger partial charge in [-0.2, -0.15) is 0 Å². The number of hydrogen-bond donors (Lipinski definition) is 2. The number of ether oxygens (including phenoxy) is 1. The summed E-state index contributed by atoms with van der Waals surface area (Å²) in [7, 11) is 1.86. The maximum Gasteiger partial charge on any atom is 0.338 e. The molecule has 0 aliphatic rings. The molecule has 2 aromatic rings. The lowest BCUT2D eigenvalue weighted by Crippen LogP contribution is -2.28. The van der Waals surface area contributed by atoms with Crippen LogP contribution in [0.15, 0.2) is 36.8 Å². The van der Waals surface area contributed by atoms with Crippen LogP contribution in [0.3, 0.4) is 0 Å². The van der Waals surface area contributed by atoms with Crippen LogP contribution in [0.25, 0.3) is 0 Å². The second kappa shape index (κ2) is 7.26. The molecule has 2 amide bonds. The van der Waals surface area contributed by atoms with E-state index in [2.05, 4.69) is 15.6 Å². The predicted molar refractivity (Wildman–Crippen MR) is 81.5 cm³/mol. The van der Waals surface area contributed by atoms with Crippen molar-refractivity contribution < 1.29 is 14.3 Å². The first-order valence-electron chi connectivity index (χ1n) is 6.87. The number of aryl methyl sites for hydroxylation is 1. The monoisotopic (exact) mass is 302 g/mol. The van der Waals surface area contributed by atoms with Crippen molar-refractivity contribution in [3.8, 4) is 0 Å². The lowest BCUT2D eigenvalue weighted by molar-refractivity contribution is 0.0526. The molecule has 0 atom stereocenters. The molecule has 1 heterocycles. The van der Waals surface area contributed by atoms with Crippen molar-refractivity contribution in [3.63, 3.8) is 0 Å². The second-order valence-electron chi connectivity index (χ2n) is 4.64. The average molecular weight is 302 g/mol. The molecule has 0 radical (unpaired) electrons. The zero-order valence-electron chi connectivity index (χ0n) is 12.5. The number of amides is 2. The van der Waals surface area contributed by atoms with Crippen LogP contribution in [0.5, 0.6) is 0 Å². The lowest BCUT2D eigenvalue weighted by Gasteiger charge is -2.07. The summed E-state index contributed by atoms with van der Waals surface area (Å²) < 4.78 is 6.70. The van der Waals surface area contributed by atoms with Crippen LogP contribution in [0.1, 0.15) is 23.0 Å². The molecule has 7 nitrogen and oxygen atoms in total. The van der Waals surface area contributed by atoms with Gasteiger partial charge in [-0.25, -0.2) is 14.6 Å². The van der Waals surface area contributed by atoms with E-state index in [1.165, 1.54) is 0 Å². The highest BCUT2D eigenvalue weighted by Crippen LogP contribution is 2.10.